The Bertz CT molecular complexity index is 346. The van der Waals surface area contributed by atoms with Crippen LogP contribution in [0, 0.1) is 5.92 Å². The molecular weight excluding hydrogens is 246 g/mol. The highest BCUT2D eigenvalue weighted by molar-refractivity contribution is 6.30. The summed E-state index contributed by atoms with van der Waals surface area (Å²) in [5, 5.41) is 4.45. The van der Waals surface area contributed by atoms with Crippen molar-refractivity contribution in [2.24, 2.45) is 5.92 Å². The lowest BCUT2D eigenvalue weighted by Crippen LogP contribution is -2.33. The average molecular weight is 268 g/mol. The Morgan fingerprint density at radius 1 is 1.39 bits per heavy atom. The van der Waals surface area contributed by atoms with E-state index in [-0.39, 0.29) is 0 Å². The van der Waals surface area contributed by atoms with Gasteiger partial charge in [-0.15, -0.1) is 0 Å². The first-order valence-electron chi connectivity index (χ1n) is 6.88. The van der Waals surface area contributed by atoms with Crippen molar-refractivity contribution in [2.75, 3.05) is 19.8 Å². The molecule has 1 fully saturated rings. The summed E-state index contributed by atoms with van der Waals surface area (Å²) in [5.41, 5.74) is 1.32. The number of nitrogens with one attached hydrogen (secondary N) is 1. The molecule has 1 aromatic rings. The van der Waals surface area contributed by atoms with E-state index in [0.717, 1.165) is 31.2 Å². The molecule has 1 heterocycles. The molecule has 1 saturated heterocycles. The van der Waals surface area contributed by atoms with Crippen molar-refractivity contribution in [1.82, 2.24) is 5.32 Å². The normalized spacial score (nSPS) is 21.8. The number of benzene rings is 1. The predicted octanol–water partition coefficient (Wildman–Crippen LogP) is 3.81. The molecule has 18 heavy (non-hydrogen) atoms. The Kier molecular flexibility index (Phi) is 5.48. The Balaban J connectivity index is 2.10. The molecule has 0 aromatic heterocycles. The zero-order chi connectivity index (χ0) is 12.8. The van der Waals surface area contributed by atoms with Crippen LogP contribution in [0.4, 0.5) is 0 Å². The van der Waals surface area contributed by atoms with Crippen LogP contribution >= 0.6 is 11.6 Å². The van der Waals surface area contributed by atoms with Crippen LogP contribution in [0.5, 0.6) is 0 Å². The van der Waals surface area contributed by atoms with E-state index in [4.69, 9.17) is 16.3 Å². The van der Waals surface area contributed by atoms with Crippen molar-refractivity contribution in [1.29, 1.82) is 0 Å². The molecule has 1 aliphatic rings. The molecule has 0 spiro atoms. The summed E-state index contributed by atoms with van der Waals surface area (Å²) < 4.78 is 5.62. The molecule has 0 bridgehead atoms. The lowest BCUT2D eigenvalue weighted by atomic mass is 9.88. The third-order valence-electron chi connectivity index (χ3n) is 3.51. The van der Waals surface area contributed by atoms with Crippen LogP contribution in [0.1, 0.15) is 37.8 Å². The summed E-state index contributed by atoms with van der Waals surface area (Å²) >= 11 is 5.96. The molecule has 0 radical (unpaired) electrons. The fourth-order valence-electron chi connectivity index (χ4n) is 2.56. The highest BCUT2D eigenvalue weighted by Crippen LogP contribution is 2.29. The Labute approximate surface area is 115 Å². The first-order valence-corrected chi connectivity index (χ1v) is 7.25. The topological polar surface area (TPSA) is 21.3 Å². The number of halogens is 1. The van der Waals surface area contributed by atoms with Gasteiger partial charge >= 0.3 is 0 Å². The third-order valence-corrected chi connectivity index (χ3v) is 3.76. The van der Waals surface area contributed by atoms with Crippen molar-refractivity contribution in [2.45, 2.75) is 32.2 Å². The van der Waals surface area contributed by atoms with Crippen molar-refractivity contribution in [3.05, 3.63) is 34.9 Å². The van der Waals surface area contributed by atoms with E-state index in [1.54, 1.807) is 0 Å². The zero-order valence-electron chi connectivity index (χ0n) is 11.0. The van der Waals surface area contributed by atoms with E-state index in [1.165, 1.54) is 18.4 Å². The summed E-state index contributed by atoms with van der Waals surface area (Å²) in [6.45, 7) is 5.02. The van der Waals surface area contributed by atoms with Gasteiger partial charge in [0.15, 0.2) is 0 Å². The number of rotatable bonds is 5. The Hall–Kier alpha value is -0.570. The molecule has 100 valence electrons. The van der Waals surface area contributed by atoms with Gasteiger partial charge in [-0.3, -0.25) is 0 Å². The van der Waals surface area contributed by atoms with E-state index in [9.17, 15) is 0 Å². The van der Waals surface area contributed by atoms with Crippen molar-refractivity contribution in [3.63, 3.8) is 0 Å². The second kappa shape index (κ2) is 7.13. The Morgan fingerprint density at radius 3 is 2.78 bits per heavy atom. The molecule has 2 atom stereocenters. The molecule has 2 rings (SSSR count). The third kappa shape index (κ3) is 3.71. The average Bonchev–Trinajstić information content (AvgIpc) is 2.42. The molecular formula is C15H22ClNO. The predicted molar refractivity (Wildman–Crippen MR) is 76.0 cm³/mol. The van der Waals surface area contributed by atoms with Gasteiger partial charge in [0.1, 0.15) is 0 Å². The molecule has 3 heteroatoms. The van der Waals surface area contributed by atoms with Gasteiger partial charge in [0.25, 0.3) is 0 Å². The first-order chi connectivity index (χ1) is 8.81. The molecule has 2 nitrogen and oxygen atoms in total. The second-order valence-corrected chi connectivity index (χ2v) is 5.40. The van der Waals surface area contributed by atoms with Crippen molar-refractivity contribution >= 4 is 11.6 Å². The van der Waals surface area contributed by atoms with Gasteiger partial charge in [-0.1, -0.05) is 30.7 Å². The standard InChI is InChI=1S/C15H22ClNO/c1-2-9-17-15(13-4-3-10-18-11-13)12-5-7-14(16)8-6-12/h5-8,13,15,17H,2-4,9-11H2,1H3. The summed E-state index contributed by atoms with van der Waals surface area (Å²) in [6.07, 6.45) is 3.56. The fourth-order valence-corrected chi connectivity index (χ4v) is 2.68. The van der Waals surface area contributed by atoms with Gasteiger partial charge in [0, 0.05) is 23.6 Å². The lowest BCUT2D eigenvalue weighted by molar-refractivity contribution is 0.0390. The minimum atomic E-state index is 0.391. The van der Waals surface area contributed by atoms with E-state index in [2.05, 4.69) is 24.4 Å². The quantitative estimate of drug-likeness (QED) is 0.876. The van der Waals surface area contributed by atoms with E-state index in [1.807, 2.05) is 12.1 Å². The highest BCUT2D eigenvalue weighted by Gasteiger charge is 2.24. The number of hydrogen-bond acceptors (Lipinski definition) is 2. The van der Waals surface area contributed by atoms with Crippen LogP contribution in [0.2, 0.25) is 5.02 Å². The maximum atomic E-state index is 5.96. The van der Waals surface area contributed by atoms with Crippen LogP contribution in [-0.4, -0.2) is 19.8 Å². The molecule has 1 aromatic carbocycles. The SMILES string of the molecule is CCCNC(c1ccc(Cl)cc1)C1CCCOC1. The van der Waals surface area contributed by atoms with Crippen molar-refractivity contribution < 1.29 is 4.74 Å². The molecule has 0 saturated carbocycles. The minimum absolute atomic E-state index is 0.391. The van der Waals surface area contributed by atoms with Crippen LogP contribution in [0.25, 0.3) is 0 Å². The molecule has 1 N–H and O–H groups in total. The minimum Gasteiger partial charge on any atom is -0.381 e. The number of hydrogen-bond donors (Lipinski definition) is 1. The highest BCUT2D eigenvalue weighted by atomic mass is 35.5. The van der Waals surface area contributed by atoms with E-state index in [0.29, 0.717) is 12.0 Å². The Morgan fingerprint density at radius 2 is 2.17 bits per heavy atom. The van der Waals surface area contributed by atoms with Crippen molar-refractivity contribution in [3.8, 4) is 0 Å². The van der Waals surface area contributed by atoms with Gasteiger partial charge in [0.05, 0.1) is 6.61 Å². The summed E-state index contributed by atoms with van der Waals surface area (Å²) in [6, 6.07) is 8.60. The van der Waals surface area contributed by atoms with Crippen LogP contribution in [0.3, 0.4) is 0 Å². The first kappa shape index (κ1) is 13.9. The summed E-state index contributed by atoms with van der Waals surface area (Å²) in [7, 11) is 0. The molecule has 2 unspecified atom stereocenters. The lowest BCUT2D eigenvalue weighted by Gasteiger charge is -2.31. The second-order valence-electron chi connectivity index (χ2n) is 4.96. The summed E-state index contributed by atoms with van der Waals surface area (Å²) in [5.74, 6) is 0.575. The monoisotopic (exact) mass is 267 g/mol. The smallest absolute Gasteiger partial charge is 0.0512 e. The largest absolute Gasteiger partial charge is 0.381 e. The van der Waals surface area contributed by atoms with Crippen LogP contribution in [-0.2, 0) is 4.74 Å². The van der Waals surface area contributed by atoms with Gasteiger partial charge in [-0.2, -0.15) is 0 Å². The van der Waals surface area contributed by atoms with E-state index >= 15 is 0 Å². The van der Waals surface area contributed by atoms with Crippen LogP contribution in [0.15, 0.2) is 24.3 Å². The maximum absolute atomic E-state index is 5.96. The van der Waals surface area contributed by atoms with Crippen LogP contribution < -0.4 is 5.32 Å². The molecule has 0 aliphatic carbocycles. The molecule has 1 aliphatic heterocycles. The van der Waals surface area contributed by atoms with Gasteiger partial charge in [-0.05, 0) is 43.5 Å². The zero-order valence-corrected chi connectivity index (χ0v) is 11.7. The van der Waals surface area contributed by atoms with Gasteiger partial charge in [0.2, 0.25) is 0 Å². The van der Waals surface area contributed by atoms with E-state index < -0.39 is 0 Å². The molecule has 0 amide bonds. The maximum Gasteiger partial charge on any atom is 0.0512 e. The summed E-state index contributed by atoms with van der Waals surface area (Å²) in [4.78, 5) is 0. The number of ether oxygens (including phenoxy) is 1. The fraction of sp³-hybridized carbons (Fsp3) is 0.600. The van der Waals surface area contributed by atoms with Gasteiger partial charge in [-0.25, -0.2) is 0 Å². The van der Waals surface area contributed by atoms with Gasteiger partial charge < -0.3 is 10.1 Å².